The van der Waals surface area contributed by atoms with Gasteiger partial charge >= 0.3 is 5.97 Å². The lowest BCUT2D eigenvalue weighted by Gasteiger charge is -2.37. The summed E-state index contributed by atoms with van der Waals surface area (Å²) in [6.07, 6.45) is 3.25. The van der Waals surface area contributed by atoms with Crippen molar-refractivity contribution >= 4 is 23.4 Å². The van der Waals surface area contributed by atoms with Crippen LogP contribution in [0.1, 0.15) is 32.3 Å². The summed E-state index contributed by atoms with van der Waals surface area (Å²) in [5.74, 6) is -0.359. The molecule has 1 saturated heterocycles. The van der Waals surface area contributed by atoms with E-state index in [1.807, 2.05) is 50.3 Å². The Kier molecular flexibility index (Phi) is 8.46. The fourth-order valence-corrected chi connectivity index (χ4v) is 4.12. The van der Waals surface area contributed by atoms with E-state index in [2.05, 4.69) is 40.9 Å². The Bertz CT molecular complexity index is 889. The van der Waals surface area contributed by atoms with Gasteiger partial charge in [0.2, 0.25) is 0 Å². The van der Waals surface area contributed by atoms with Crippen molar-refractivity contribution in [2.24, 2.45) is 5.16 Å². The molecule has 2 aromatic rings. The third-order valence-electron chi connectivity index (χ3n) is 5.29. The second kappa shape index (κ2) is 11.3. The minimum Gasteiger partial charge on any atom is -0.379 e. The molecule has 1 heterocycles. The molecule has 1 aliphatic heterocycles. The lowest BCUT2D eigenvalue weighted by atomic mass is 10.0. The van der Waals surface area contributed by atoms with Crippen LogP contribution in [0.4, 0.5) is 0 Å². The highest BCUT2D eigenvalue weighted by molar-refractivity contribution is 7.99. The first kappa shape index (κ1) is 23.3. The quantitative estimate of drug-likeness (QED) is 0.234. The van der Waals surface area contributed by atoms with Gasteiger partial charge < -0.3 is 9.57 Å². The summed E-state index contributed by atoms with van der Waals surface area (Å²) in [7, 11) is 0. The molecule has 164 valence electrons. The molecule has 31 heavy (non-hydrogen) atoms. The molecule has 3 rings (SSSR count). The van der Waals surface area contributed by atoms with Crippen LogP contribution in [0, 0.1) is 0 Å². The smallest absolute Gasteiger partial charge is 0.354 e. The van der Waals surface area contributed by atoms with E-state index in [0.29, 0.717) is 32.7 Å². The van der Waals surface area contributed by atoms with Crippen LogP contribution in [0.25, 0.3) is 0 Å². The Labute approximate surface area is 189 Å². The second-order valence-electron chi connectivity index (χ2n) is 7.84. The van der Waals surface area contributed by atoms with Gasteiger partial charge in [-0.25, -0.2) is 4.79 Å². The number of nitrogens with zero attached hydrogens (tertiary/aromatic N) is 2. The summed E-state index contributed by atoms with van der Waals surface area (Å²) in [4.78, 5) is 22.6. The van der Waals surface area contributed by atoms with Crippen LogP contribution >= 0.6 is 11.8 Å². The number of allylic oxidation sites excluding steroid dienone is 1. The van der Waals surface area contributed by atoms with E-state index >= 15 is 0 Å². The zero-order valence-electron chi connectivity index (χ0n) is 18.3. The maximum Gasteiger partial charge on any atom is 0.354 e. The van der Waals surface area contributed by atoms with E-state index in [9.17, 15) is 4.79 Å². The molecular weight excluding hydrogens is 408 g/mol. The Morgan fingerprint density at radius 1 is 1.13 bits per heavy atom. The van der Waals surface area contributed by atoms with Crippen molar-refractivity contribution in [1.82, 2.24) is 4.90 Å². The third-order valence-corrected chi connectivity index (χ3v) is 6.31. The van der Waals surface area contributed by atoms with Crippen LogP contribution in [0.2, 0.25) is 0 Å². The summed E-state index contributed by atoms with van der Waals surface area (Å²) in [5, 5.41) is 4.26. The lowest BCUT2D eigenvalue weighted by Crippen LogP contribution is -2.54. The van der Waals surface area contributed by atoms with Gasteiger partial charge in [0.15, 0.2) is 0 Å². The Balaban J connectivity index is 1.70. The van der Waals surface area contributed by atoms with Crippen LogP contribution < -0.4 is 0 Å². The number of oxime groups is 1. The van der Waals surface area contributed by atoms with Gasteiger partial charge in [-0.2, -0.15) is 0 Å². The number of rotatable bonds is 9. The van der Waals surface area contributed by atoms with E-state index in [1.165, 1.54) is 4.90 Å². The number of carbonyl (C=O) groups is 1. The van der Waals surface area contributed by atoms with Crippen LogP contribution in [-0.4, -0.2) is 48.4 Å². The van der Waals surface area contributed by atoms with Crippen molar-refractivity contribution < 1.29 is 14.4 Å². The van der Waals surface area contributed by atoms with Gasteiger partial charge in [0.05, 0.1) is 18.9 Å². The zero-order valence-corrected chi connectivity index (χ0v) is 19.1. The van der Waals surface area contributed by atoms with Crippen LogP contribution in [0.15, 0.2) is 82.2 Å². The monoisotopic (exact) mass is 438 g/mol. The van der Waals surface area contributed by atoms with E-state index in [4.69, 9.17) is 9.57 Å². The summed E-state index contributed by atoms with van der Waals surface area (Å²) in [6.45, 7) is 10.2. The van der Waals surface area contributed by atoms with Gasteiger partial charge in [0.25, 0.3) is 0 Å². The lowest BCUT2D eigenvalue weighted by molar-refractivity contribution is -0.159. The first-order valence-electron chi connectivity index (χ1n) is 10.6. The maximum atomic E-state index is 12.8. The molecular formula is C25H30N2O3S. The van der Waals surface area contributed by atoms with Crippen LogP contribution in [-0.2, 0) is 14.4 Å². The fourth-order valence-electron chi connectivity index (χ4n) is 3.28. The second-order valence-corrected chi connectivity index (χ2v) is 8.99. The minimum absolute atomic E-state index is 0.359. The third kappa shape index (κ3) is 6.53. The SMILES string of the molecule is C=CCC/C(=N\OC(=O)C(C)(C)N1CCOCC1)c1ccc(Sc2ccccc2)cc1. The highest BCUT2D eigenvalue weighted by atomic mass is 32.2. The summed E-state index contributed by atoms with van der Waals surface area (Å²) in [5.41, 5.74) is 0.922. The van der Waals surface area contributed by atoms with Crippen LogP contribution in [0.3, 0.4) is 0 Å². The molecule has 0 bridgehead atoms. The van der Waals surface area contributed by atoms with E-state index in [0.717, 1.165) is 22.6 Å². The average molecular weight is 439 g/mol. The summed E-state index contributed by atoms with van der Waals surface area (Å²) < 4.78 is 5.39. The average Bonchev–Trinajstić information content (AvgIpc) is 2.81. The van der Waals surface area contributed by atoms with Gasteiger partial charge in [-0.1, -0.05) is 53.3 Å². The molecule has 0 unspecified atom stereocenters. The standard InChI is InChI=1S/C25H30N2O3S/c1-4-5-11-23(26-30-24(28)25(2,3)27-16-18-29-19-17-27)20-12-14-22(15-13-20)31-21-9-7-6-8-10-21/h4,6-10,12-15H,1,5,11,16-19H2,2-3H3/b26-23+. The fraction of sp³-hybridized carbons (Fsp3) is 0.360. The first-order chi connectivity index (χ1) is 15.0. The molecule has 2 aromatic carbocycles. The number of ether oxygens (including phenoxy) is 1. The summed E-state index contributed by atoms with van der Waals surface area (Å²) in [6, 6.07) is 18.4. The molecule has 0 radical (unpaired) electrons. The number of benzene rings is 2. The van der Waals surface area contributed by atoms with Crippen molar-refractivity contribution in [3.63, 3.8) is 0 Å². The number of hydrogen-bond acceptors (Lipinski definition) is 6. The molecule has 0 aromatic heterocycles. The molecule has 0 saturated carbocycles. The minimum atomic E-state index is -0.757. The van der Waals surface area contributed by atoms with Crippen molar-refractivity contribution in [3.8, 4) is 0 Å². The number of carbonyl (C=O) groups excluding carboxylic acids is 1. The van der Waals surface area contributed by atoms with Crippen molar-refractivity contribution in [3.05, 3.63) is 72.8 Å². The predicted octanol–water partition coefficient (Wildman–Crippen LogP) is 5.16. The van der Waals surface area contributed by atoms with Crippen molar-refractivity contribution in [2.75, 3.05) is 26.3 Å². The number of hydrogen-bond donors (Lipinski definition) is 0. The van der Waals surface area contributed by atoms with E-state index in [-0.39, 0.29) is 5.97 Å². The molecule has 0 spiro atoms. The Morgan fingerprint density at radius 2 is 1.77 bits per heavy atom. The normalized spacial score (nSPS) is 15.5. The van der Waals surface area contributed by atoms with Gasteiger partial charge in [-0.05, 0) is 56.5 Å². The molecule has 0 N–H and O–H groups in total. The van der Waals surface area contributed by atoms with E-state index < -0.39 is 5.54 Å². The molecule has 0 atom stereocenters. The molecule has 1 fully saturated rings. The molecule has 0 amide bonds. The first-order valence-corrected chi connectivity index (χ1v) is 11.4. The van der Waals surface area contributed by atoms with Gasteiger partial charge in [-0.3, -0.25) is 4.90 Å². The van der Waals surface area contributed by atoms with Crippen molar-refractivity contribution in [1.29, 1.82) is 0 Å². The molecule has 1 aliphatic rings. The highest BCUT2D eigenvalue weighted by Gasteiger charge is 2.37. The topological polar surface area (TPSA) is 51.1 Å². The zero-order chi connectivity index (χ0) is 22.1. The van der Waals surface area contributed by atoms with Gasteiger partial charge in [0, 0.05) is 22.9 Å². The molecule has 6 heteroatoms. The van der Waals surface area contributed by atoms with Gasteiger partial charge in [-0.15, -0.1) is 6.58 Å². The maximum absolute atomic E-state index is 12.8. The van der Waals surface area contributed by atoms with Gasteiger partial charge in [0.1, 0.15) is 5.54 Å². The van der Waals surface area contributed by atoms with Crippen LogP contribution in [0.5, 0.6) is 0 Å². The largest absolute Gasteiger partial charge is 0.379 e. The highest BCUT2D eigenvalue weighted by Crippen LogP contribution is 2.27. The summed E-state index contributed by atoms with van der Waals surface area (Å²) >= 11 is 1.71. The molecule has 5 nitrogen and oxygen atoms in total. The Hall–Kier alpha value is -2.41. The molecule has 0 aliphatic carbocycles. The predicted molar refractivity (Wildman–Crippen MR) is 126 cm³/mol. The Morgan fingerprint density at radius 3 is 2.42 bits per heavy atom. The van der Waals surface area contributed by atoms with Crippen molar-refractivity contribution in [2.45, 2.75) is 42.0 Å². The number of morpholine rings is 1. The van der Waals surface area contributed by atoms with E-state index in [1.54, 1.807) is 11.8 Å².